The number of aliphatic imine (C=N–C) groups is 1. The molecule has 5 heteroatoms. The predicted molar refractivity (Wildman–Crippen MR) is 83.2 cm³/mol. The second-order valence-corrected chi connectivity index (χ2v) is 5.59. The first-order valence-corrected chi connectivity index (χ1v) is 7.89. The first-order chi connectivity index (χ1) is 10.4. The van der Waals surface area contributed by atoms with Gasteiger partial charge in [-0.3, -0.25) is 10.7 Å². The predicted octanol–water partition coefficient (Wildman–Crippen LogP) is 3.85. The molecule has 0 radical (unpaired) electrons. The molecule has 1 saturated carbocycles. The van der Waals surface area contributed by atoms with Gasteiger partial charge < -0.3 is 4.74 Å². The van der Waals surface area contributed by atoms with Crippen molar-refractivity contribution in [3.05, 3.63) is 18.3 Å². The highest BCUT2D eigenvalue weighted by molar-refractivity contribution is 5.59. The average molecular weight is 291 g/mol. The maximum Gasteiger partial charge on any atom is 0.213 e. The zero-order chi connectivity index (χ0) is 14.8. The van der Waals surface area contributed by atoms with Gasteiger partial charge >= 0.3 is 0 Å². The van der Waals surface area contributed by atoms with E-state index in [1.807, 2.05) is 5.48 Å². The van der Waals surface area contributed by atoms with Crippen LogP contribution in [0.25, 0.3) is 0 Å². The van der Waals surface area contributed by atoms with Gasteiger partial charge in [0.15, 0.2) is 0 Å². The van der Waals surface area contributed by atoms with Gasteiger partial charge in [0.1, 0.15) is 6.34 Å². The van der Waals surface area contributed by atoms with Crippen molar-refractivity contribution in [2.75, 3.05) is 6.61 Å². The number of rotatable bonds is 8. The Labute approximate surface area is 126 Å². The average Bonchev–Trinajstić information content (AvgIpc) is 2.55. The Bertz CT molecular complexity index is 414. The normalized spacial score (nSPS) is 16.2. The number of unbranched alkanes of at least 4 members (excludes halogenated alkanes) is 1. The molecule has 5 nitrogen and oxygen atoms in total. The van der Waals surface area contributed by atoms with Crippen LogP contribution in [0.5, 0.6) is 5.88 Å². The molecule has 0 aromatic carbocycles. The number of pyridine rings is 1. The number of aromatic nitrogens is 1. The van der Waals surface area contributed by atoms with Crippen LogP contribution in [0.4, 0.5) is 5.69 Å². The lowest BCUT2D eigenvalue weighted by atomic mass is 9.86. The van der Waals surface area contributed by atoms with E-state index in [0.717, 1.165) is 18.9 Å². The molecular weight excluding hydrogens is 266 g/mol. The maximum atomic E-state index is 8.40. The molecule has 1 aromatic rings. The summed E-state index contributed by atoms with van der Waals surface area (Å²) in [4.78, 5) is 8.10. The SMILES string of the molecule is ONC=Nc1ccc(OCCCCC2CCCCC2)nc1. The van der Waals surface area contributed by atoms with Gasteiger partial charge in [-0.1, -0.05) is 38.5 Å². The van der Waals surface area contributed by atoms with Crippen LogP contribution in [-0.2, 0) is 0 Å². The molecule has 116 valence electrons. The Hall–Kier alpha value is -1.62. The molecule has 0 aliphatic heterocycles. The fraction of sp³-hybridized carbons (Fsp3) is 0.625. The molecule has 1 heterocycles. The summed E-state index contributed by atoms with van der Waals surface area (Å²) in [5.74, 6) is 1.58. The van der Waals surface area contributed by atoms with Gasteiger partial charge in [-0.2, -0.15) is 0 Å². The van der Waals surface area contributed by atoms with E-state index < -0.39 is 0 Å². The highest BCUT2D eigenvalue weighted by Gasteiger charge is 2.12. The standard InChI is InChI=1S/C16H25N3O2/c20-19-13-18-15-9-10-16(17-12-15)21-11-5-4-8-14-6-2-1-3-7-14/h9-10,12-14,20H,1-8,11H2,(H,18,19). The fourth-order valence-corrected chi connectivity index (χ4v) is 2.83. The highest BCUT2D eigenvalue weighted by Crippen LogP contribution is 2.27. The smallest absolute Gasteiger partial charge is 0.213 e. The molecule has 21 heavy (non-hydrogen) atoms. The Morgan fingerprint density at radius 2 is 2.14 bits per heavy atom. The van der Waals surface area contributed by atoms with Gasteiger partial charge in [0.2, 0.25) is 5.88 Å². The van der Waals surface area contributed by atoms with Crippen molar-refractivity contribution in [1.82, 2.24) is 10.5 Å². The van der Waals surface area contributed by atoms with Crippen LogP contribution < -0.4 is 10.2 Å². The van der Waals surface area contributed by atoms with Crippen molar-refractivity contribution in [2.45, 2.75) is 51.4 Å². The quantitative estimate of drug-likeness (QED) is 0.330. The van der Waals surface area contributed by atoms with Crippen molar-refractivity contribution < 1.29 is 9.94 Å². The summed E-state index contributed by atoms with van der Waals surface area (Å²) in [7, 11) is 0. The molecule has 0 bridgehead atoms. The van der Waals surface area contributed by atoms with Crippen molar-refractivity contribution >= 4 is 12.0 Å². The molecular formula is C16H25N3O2. The monoisotopic (exact) mass is 291 g/mol. The van der Waals surface area contributed by atoms with E-state index in [1.54, 1.807) is 18.3 Å². The second-order valence-electron chi connectivity index (χ2n) is 5.59. The molecule has 1 aliphatic rings. The van der Waals surface area contributed by atoms with Crippen molar-refractivity contribution in [3.8, 4) is 5.88 Å². The number of hydrogen-bond acceptors (Lipinski definition) is 4. The van der Waals surface area contributed by atoms with Crippen LogP contribution in [0.3, 0.4) is 0 Å². The first-order valence-electron chi connectivity index (χ1n) is 7.89. The maximum absolute atomic E-state index is 8.40. The molecule has 1 aromatic heterocycles. The Morgan fingerprint density at radius 3 is 2.86 bits per heavy atom. The summed E-state index contributed by atoms with van der Waals surface area (Å²) < 4.78 is 5.63. The topological polar surface area (TPSA) is 66.7 Å². The van der Waals surface area contributed by atoms with E-state index in [4.69, 9.17) is 9.94 Å². The summed E-state index contributed by atoms with van der Waals surface area (Å²) in [5.41, 5.74) is 2.52. The zero-order valence-electron chi connectivity index (χ0n) is 12.5. The van der Waals surface area contributed by atoms with Gasteiger partial charge in [0.05, 0.1) is 18.5 Å². The Morgan fingerprint density at radius 1 is 1.29 bits per heavy atom. The minimum atomic E-state index is 0.628. The van der Waals surface area contributed by atoms with E-state index in [2.05, 4.69) is 9.98 Å². The third-order valence-electron chi connectivity index (χ3n) is 3.97. The first kappa shape index (κ1) is 15.8. The summed E-state index contributed by atoms with van der Waals surface area (Å²) in [5, 5.41) is 8.40. The molecule has 0 saturated heterocycles. The zero-order valence-corrected chi connectivity index (χ0v) is 12.5. The lowest BCUT2D eigenvalue weighted by molar-refractivity contribution is 0.240. The van der Waals surface area contributed by atoms with E-state index in [-0.39, 0.29) is 0 Å². The molecule has 1 aliphatic carbocycles. The van der Waals surface area contributed by atoms with Crippen molar-refractivity contribution in [3.63, 3.8) is 0 Å². The van der Waals surface area contributed by atoms with Crippen molar-refractivity contribution in [2.24, 2.45) is 10.9 Å². The number of hydrogen-bond donors (Lipinski definition) is 2. The van der Waals surface area contributed by atoms with Crippen LogP contribution in [0.2, 0.25) is 0 Å². The third kappa shape index (κ3) is 6.12. The van der Waals surface area contributed by atoms with Gasteiger partial charge in [-0.25, -0.2) is 9.98 Å². The molecule has 0 amide bonds. The molecule has 2 N–H and O–H groups in total. The molecule has 0 spiro atoms. The Kier molecular flexibility index (Phi) is 7.01. The minimum Gasteiger partial charge on any atom is -0.478 e. The summed E-state index contributed by atoms with van der Waals surface area (Å²) >= 11 is 0. The lowest BCUT2D eigenvalue weighted by Crippen LogP contribution is -2.07. The van der Waals surface area contributed by atoms with Gasteiger partial charge in [-0.15, -0.1) is 0 Å². The second kappa shape index (κ2) is 9.34. The number of nitrogens with zero attached hydrogens (tertiary/aromatic N) is 2. The van der Waals surface area contributed by atoms with Gasteiger partial charge in [0, 0.05) is 6.07 Å². The molecule has 0 atom stereocenters. The molecule has 2 rings (SSSR count). The number of hydroxylamine groups is 1. The van der Waals surface area contributed by atoms with E-state index >= 15 is 0 Å². The lowest BCUT2D eigenvalue weighted by Gasteiger charge is -2.21. The van der Waals surface area contributed by atoms with Crippen LogP contribution in [-0.4, -0.2) is 23.1 Å². The third-order valence-corrected chi connectivity index (χ3v) is 3.97. The summed E-state index contributed by atoms with van der Waals surface area (Å²) in [6.45, 7) is 0.723. The highest BCUT2D eigenvalue weighted by atomic mass is 16.5. The Balaban J connectivity index is 1.58. The number of nitrogens with one attached hydrogen (secondary N) is 1. The fourth-order valence-electron chi connectivity index (χ4n) is 2.83. The van der Waals surface area contributed by atoms with E-state index in [1.165, 1.54) is 51.3 Å². The summed E-state index contributed by atoms with van der Waals surface area (Å²) in [6, 6.07) is 3.60. The van der Waals surface area contributed by atoms with Gasteiger partial charge in [0.25, 0.3) is 0 Å². The van der Waals surface area contributed by atoms with Crippen LogP contribution in [0.1, 0.15) is 51.4 Å². The van der Waals surface area contributed by atoms with Crippen LogP contribution in [0, 0.1) is 5.92 Å². The van der Waals surface area contributed by atoms with Crippen LogP contribution in [0.15, 0.2) is 23.3 Å². The van der Waals surface area contributed by atoms with Gasteiger partial charge in [-0.05, 0) is 24.8 Å². The van der Waals surface area contributed by atoms with Crippen LogP contribution >= 0.6 is 0 Å². The van der Waals surface area contributed by atoms with Crippen molar-refractivity contribution in [1.29, 1.82) is 0 Å². The minimum absolute atomic E-state index is 0.628. The largest absolute Gasteiger partial charge is 0.478 e. The van der Waals surface area contributed by atoms with E-state index in [9.17, 15) is 0 Å². The number of ether oxygens (including phenoxy) is 1. The van der Waals surface area contributed by atoms with E-state index in [0.29, 0.717) is 11.6 Å². The molecule has 1 fully saturated rings. The molecule has 0 unspecified atom stereocenters. The summed E-state index contributed by atoms with van der Waals surface area (Å²) in [6.07, 6.45) is 13.6.